The smallest absolute Gasteiger partial charge is 0.248 e. The van der Waals surface area contributed by atoms with Crippen LogP contribution in [-0.4, -0.2) is 60.5 Å². The fourth-order valence-corrected chi connectivity index (χ4v) is 4.30. The molecule has 2 heterocycles. The normalized spacial score (nSPS) is 22.3. The zero-order valence-electron chi connectivity index (χ0n) is 16.2. The van der Waals surface area contributed by atoms with Gasteiger partial charge in [-0.1, -0.05) is 60.7 Å². The molecular formula is C23H26N2O3. The van der Waals surface area contributed by atoms with Crippen molar-refractivity contribution < 1.29 is 14.3 Å². The van der Waals surface area contributed by atoms with Crippen molar-refractivity contribution in [1.29, 1.82) is 0 Å². The topological polar surface area (TPSA) is 49.9 Å². The molecule has 1 unspecified atom stereocenters. The summed E-state index contributed by atoms with van der Waals surface area (Å²) in [6.07, 6.45) is 1.20. The van der Waals surface area contributed by atoms with E-state index >= 15 is 0 Å². The molecule has 4 rings (SSSR count). The van der Waals surface area contributed by atoms with Crippen molar-refractivity contribution in [3.8, 4) is 0 Å². The molecule has 1 spiro atoms. The van der Waals surface area contributed by atoms with Crippen molar-refractivity contribution in [3.05, 3.63) is 71.8 Å². The predicted molar refractivity (Wildman–Crippen MR) is 107 cm³/mol. The van der Waals surface area contributed by atoms with Crippen LogP contribution in [0.5, 0.6) is 0 Å². The Morgan fingerprint density at radius 1 is 1.04 bits per heavy atom. The molecule has 2 saturated heterocycles. The number of likely N-dealkylation sites (tertiary alicyclic amines) is 1. The van der Waals surface area contributed by atoms with Gasteiger partial charge in [0.1, 0.15) is 12.2 Å². The SMILES string of the molecule is CN1CC2(CCN(C(=O)CC(c3ccccc3)c3ccccc3)C2)OCC1=O. The second-order valence-corrected chi connectivity index (χ2v) is 7.86. The minimum Gasteiger partial charge on any atom is -0.361 e. The summed E-state index contributed by atoms with van der Waals surface area (Å²) in [4.78, 5) is 28.5. The zero-order valence-corrected chi connectivity index (χ0v) is 16.2. The molecule has 5 nitrogen and oxygen atoms in total. The molecule has 0 bridgehead atoms. The van der Waals surface area contributed by atoms with Crippen LogP contribution in [0.1, 0.15) is 29.9 Å². The Labute approximate surface area is 165 Å². The summed E-state index contributed by atoms with van der Waals surface area (Å²) < 4.78 is 5.88. The van der Waals surface area contributed by atoms with Crippen LogP contribution in [0.4, 0.5) is 0 Å². The van der Waals surface area contributed by atoms with Gasteiger partial charge in [-0.15, -0.1) is 0 Å². The van der Waals surface area contributed by atoms with Gasteiger partial charge in [-0.3, -0.25) is 9.59 Å². The molecule has 28 heavy (non-hydrogen) atoms. The Bertz CT molecular complexity index is 800. The number of carbonyl (C=O) groups is 2. The lowest BCUT2D eigenvalue weighted by Crippen LogP contribution is -2.54. The highest BCUT2D eigenvalue weighted by molar-refractivity contribution is 5.79. The first kappa shape index (κ1) is 18.7. The highest BCUT2D eigenvalue weighted by Gasteiger charge is 2.45. The molecule has 0 aliphatic carbocycles. The molecule has 0 saturated carbocycles. The summed E-state index contributed by atoms with van der Waals surface area (Å²) in [7, 11) is 1.80. The van der Waals surface area contributed by atoms with Crippen molar-refractivity contribution in [2.45, 2.75) is 24.4 Å². The largest absolute Gasteiger partial charge is 0.361 e. The average Bonchev–Trinajstić information content (AvgIpc) is 3.14. The van der Waals surface area contributed by atoms with E-state index in [1.54, 1.807) is 11.9 Å². The van der Waals surface area contributed by atoms with Crippen LogP contribution < -0.4 is 0 Å². The molecule has 2 aliphatic rings. The number of morpholine rings is 1. The molecule has 5 heteroatoms. The maximum atomic E-state index is 13.2. The molecule has 2 aromatic rings. The van der Waals surface area contributed by atoms with Crippen molar-refractivity contribution in [3.63, 3.8) is 0 Å². The van der Waals surface area contributed by atoms with E-state index in [1.807, 2.05) is 41.3 Å². The molecule has 0 radical (unpaired) electrons. The number of carbonyl (C=O) groups excluding carboxylic acids is 2. The average molecular weight is 378 g/mol. The highest BCUT2D eigenvalue weighted by Crippen LogP contribution is 2.33. The molecule has 2 aliphatic heterocycles. The monoisotopic (exact) mass is 378 g/mol. The summed E-state index contributed by atoms with van der Waals surface area (Å²) in [5.41, 5.74) is 1.89. The Hall–Kier alpha value is -2.66. The van der Waals surface area contributed by atoms with Crippen LogP contribution in [0.2, 0.25) is 0 Å². The van der Waals surface area contributed by atoms with Crippen molar-refractivity contribution >= 4 is 11.8 Å². The predicted octanol–water partition coefficient (Wildman–Crippen LogP) is 2.67. The van der Waals surface area contributed by atoms with Crippen molar-refractivity contribution in [1.82, 2.24) is 9.80 Å². The Balaban J connectivity index is 1.49. The second-order valence-electron chi connectivity index (χ2n) is 7.86. The van der Waals surface area contributed by atoms with E-state index in [-0.39, 0.29) is 24.3 Å². The van der Waals surface area contributed by atoms with E-state index in [9.17, 15) is 9.59 Å². The lowest BCUT2D eigenvalue weighted by Gasteiger charge is -2.38. The minimum atomic E-state index is -0.409. The van der Waals surface area contributed by atoms with E-state index in [0.717, 1.165) is 17.5 Å². The lowest BCUT2D eigenvalue weighted by molar-refractivity contribution is -0.159. The van der Waals surface area contributed by atoms with Crippen LogP contribution in [0.3, 0.4) is 0 Å². The van der Waals surface area contributed by atoms with Gasteiger partial charge in [-0.2, -0.15) is 0 Å². The summed E-state index contributed by atoms with van der Waals surface area (Å²) in [6.45, 7) is 1.89. The van der Waals surface area contributed by atoms with Gasteiger partial charge in [-0.05, 0) is 17.5 Å². The Morgan fingerprint density at radius 2 is 1.64 bits per heavy atom. The summed E-state index contributed by atoms with van der Waals surface area (Å²) >= 11 is 0. The number of hydrogen-bond donors (Lipinski definition) is 0. The number of hydrogen-bond acceptors (Lipinski definition) is 3. The molecule has 2 fully saturated rings. The van der Waals surface area contributed by atoms with Crippen LogP contribution in [0.15, 0.2) is 60.7 Å². The van der Waals surface area contributed by atoms with Gasteiger partial charge in [0.2, 0.25) is 11.8 Å². The standard InChI is InChI=1S/C23H26N2O3/c1-24-16-23(28-15-22(24)27)12-13-25(17-23)21(26)14-20(18-8-4-2-5-9-18)19-10-6-3-7-11-19/h2-11,20H,12-17H2,1H3. The van der Waals surface area contributed by atoms with Crippen LogP contribution in [0, 0.1) is 0 Å². The number of benzene rings is 2. The zero-order chi connectivity index (χ0) is 19.6. The third kappa shape index (κ3) is 3.80. The van der Waals surface area contributed by atoms with Crippen molar-refractivity contribution in [2.75, 3.05) is 33.3 Å². The lowest BCUT2D eigenvalue weighted by atomic mass is 9.88. The number of amides is 2. The first-order chi connectivity index (χ1) is 13.6. The van der Waals surface area contributed by atoms with Crippen LogP contribution >= 0.6 is 0 Å². The maximum Gasteiger partial charge on any atom is 0.248 e. The number of nitrogens with zero attached hydrogens (tertiary/aromatic N) is 2. The van der Waals surface area contributed by atoms with Gasteiger partial charge in [-0.25, -0.2) is 0 Å². The summed E-state index contributed by atoms with van der Waals surface area (Å²) in [5, 5.41) is 0. The van der Waals surface area contributed by atoms with E-state index in [0.29, 0.717) is 26.1 Å². The first-order valence-electron chi connectivity index (χ1n) is 9.82. The molecule has 1 atom stereocenters. The van der Waals surface area contributed by atoms with Gasteiger partial charge in [0, 0.05) is 25.9 Å². The van der Waals surface area contributed by atoms with Gasteiger partial charge in [0.25, 0.3) is 0 Å². The van der Waals surface area contributed by atoms with Crippen LogP contribution in [0.25, 0.3) is 0 Å². The second kappa shape index (κ2) is 7.76. The Morgan fingerprint density at radius 3 is 2.21 bits per heavy atom. The molecule has 0 aromatic heterocycles. The van der Waals surface area contributed by atoms with Gasteiger partial charge >= 0.3 is 0 Å². The molecule has 0 N–H and O–H groups in total. The minimum absolute atomic E-state index is 0.00335. The fourth-order valence-electron chi connectivity index (χ4n) is 4.30. The summed E-state index contributed by atoms with van der Waals surface area (Å²) in [6, 6.07) is 20.4. The van der Waals surface area contributed by atoms with Crippen molar-refractivity contribution in [2.24, 2.45) is 0 Å². The van der Waals surface area contributed by atoms with E-state index in [2.05, 4.69) is 24.3 Å². The quantitative estimate of drug-likeness (QED) is 0.822. The third-order valence-electron chi connectivity index (χ3n) is 5.90. The fraction of sp³-hybridized carbons (Fsp3) is 0.391. The van der Waals surface area contributed by atoms with Gasteiger partial charge in [0.05, 0.1) is 13.1 Å². The molecule has 146 valence electrons. The van der Waals surface area contributed by atoms with Gasteiger partial charge in [0.15, 0.2) is 0 Å². The summed E-state index contributed by atoms with van der Waals surface area (Å²) in [5.74, 6) is 0.171. The van der Waals surface area contributed by atoms with E-state index < -0.39 is 5.60 Å². The maximum absolute atomic E-state index is 13.2. The number of ether oxygens (including phenoxy) is 1. The van der Waals surface area contributed by atoms with Gasteiger partial charge < -0.3 is 14.5 Å². The molecule has 2 amide bonds. The van der Waals surface area contributed by atoms with Crippen LogP contribution in [-0.2, 0) is 14.3 Å². The molecule has 2 aromatic carbocycles. The highest BCUT2D eigenvalue weighted by atomic mass is 16.5. The van der Waals surface area contributed by atoms with E-state index in [4.69, 9.17) is 4.74 Å². The first-order valence-corrected chi connectivity index (χ1v) is 9.82. The third-order valence-corrected chi connectivity index (χ3v) is 5.90. The van der Waals surface area contributed by atoms with E-state index in [1.165, 1.54) is 0 Å². The molecular weight excluding hydrogens is 352 g/mol. The Kier molecular flexibility index (Phi) is 5.18. The number of likely N-dealkylation sites (N-methyl/N-ethyl adjacent to an activating group) is 1. The number of rotatable bonds is 4.